The van der Waals surface area contributed by atoms with Gasteiger partial charge in [-0.1, -0.05) is 59.1 Å². The number of aliphatic hydroxyl groups excluding tert-OH is 1. The average Bonchev–Trinajstić information content (AvgIpc) is 3.15. The van der Waals surface area contributed by atoms with Crippen LogP contribution in [0.25, 0.3) is 0 Å². The monoisotopic (exact) mass is 608 g/mol. The molecular formula is C32H45ClO9. The minimum atomic E-state index is -1.74. The van der Waals surface area contributed by atoms with Gasteiger partial charge in [-0.05, 0) is 62.5 Å². The van der Waals surface area contributed by atoms with Crippen LogP contribution in [-0.2, 0) is 28.5 Å². The highest BCUT2D eigenvalue weighted by Crippen LogP contribution is 2.72. The topological polar surface area (TPSA) is 125 Å². The first-order chi connectivity index (χ1) is 19.8. The fraction of sp³-hybridized carbons (Fsp3) is 0.750. The molecule has 0 heterocycles. The number of halogens is 1. The number of fused-ring (bicyclic) bond motifs is 5. The van der Waals surface area contributed by atoms with Crippen LogP contribution in [0.5, 0.6) is 0 Å². The predicted molar refractivity (Wildman–Crippen MR) is 155 cm³/mol. The summed E-state index contributed by atoms with van der Waals surface area (Å²) in [5, 5.41) is 11.9. The average molecular weight is 609 g/mol. The summed E-state index contributed by atoms with van der Waals surface area (Å²) in [4.78, 5) is 50.6. The molecule has 9 nitrogen and oxygen atoms in total. The summed E-state index contributed by atoms with van der Waals surface area (Å²) in [5.41, 5.74) is -2.66. The molecule has 4 aliphatic carbocycles. The van der Waals surface area contributed by atoms with Gasteiger partial charge in [0.15, 0.2) is 18.0 Å². The maximum Gasteiger partial charge on any atom is 0.509 e. The Balaban J connectivity index is 1.70. The highest BCUT2D eigenvalue weighted by atomic mass is 35.5. The van der Waals surface area contributed by atoms with E-state index < -0.39 is 58.0 Å². The number of carbonyl (C=O) groups excluding carboxylic acids is 4. The highest BCUT2D eigenvalue weighted by molar-refractivity contribution is 6.26. The van der Waals surface area contributed by atoms with E-state index in [2.05, 4.69) is 0 Å². The Kier molecular flexibility index (Phi) is 9.53. The number of allylic oxidation sites excluding steroid dienone is 4. The SMILES string of the molecule is CCCCOC(=O)OCC(=O)[C@@]1(OC(=O)OCCCC)[C@H](C)C[C@H]2[C@@H]3CCC4=CC(=O)C=C[C@]4(C)[C@@]3(Cl)C(O)C[C@@]21C. The van der Waals surface area contributed by atoms with Crippen molar-refractivity contribution in [2.75, 3.05) is 19.8 Å². The molecule has 0 aromatic heterocycles. The number of hydrogen-bond acceptors (Lipinski definition) is 9. The number of ether oxygens (including phenoxy) is 4. The van der Waals surface area contributed by atoms with Crippen LogP contribution in [-0.4, -0.2) is 65.4 Å². The van der Waals surface area contributed by atoms with Gasteiger partial charge >= 0.3 is 12.3 Å². The van der Waals surface area contributed by atoms with Gasteiger partial charge < -0.3 is 24.1 Å². The predicted octanol–water partition coefficient (Wildman–Crippen LogP) is 6.09. The Bertz CT molecular complexity index is 1150. The van der Waals surface area contributed by atoms with Crippen molar-refractivity contribution >= 4 is 35.5 Å². The lowest BCUT2D eigenvalue weighted by Gasteiger charge is -2.64. The number of unbranched alkanes of at least 4 members (excludes halogenated alkanes) is 2. The molecule has 0 aliphatic heterocycles. The summed E-state index contributed by atoms with van der Waals surface area (Å²) >= 11 is 7.54. The Morgan fingerprint density at radius 3 is 2.31 bits per heavy atom. The second kappa shape index (κ2) is 12.3. The van der Waals surface area contributed by atoms with Crippen LogP contribution in [0.1, 0.15) is 86.0 Å². The maximum atomic E-state index is 14.2. The number of aliphatic hydroxyl groups is 1. The fourth-order valence-corrected chi connectivity index (χ4v) is 8.96. The van der Waals surface area contributed by atoms with Crippen molar-refractivity contribution in [3.8, 4) is 0 Å². The molecular weight excluding hydrogens is 564 g/mol. The summed E-state index contributed by atoms with van der Waals surface area (Å²) in [7, 11) is 0. The molecule has 3 fully saturated rings. The van der Waals surface area contributed by atoms with E-state index in [4.69, 9.17) is 30.5 Å². The summed E-state index contributed by atoms with van der Waals surface area (Å²) in [6.45, 7) is 9.26. The largest absolute Gasteiger partial charge is 0.509 e. The van der Waals surface area contributed by atoms with Gasteiger partial charge in [0.1, 0.15) is 0 Å². The molecule has 4 rings (SSSR count). The zero-order chi connectivity index (χ0) is 30.9. The molecule has 0 saturated heterocycles. The van der Waals surface area contributed by atoms with E-state index in [1.54, 1.807) is 6.08 Å². The highest BCUT2D eigenvalue weighted by Gasteiger charge is 2.76. The summed E-state index contributed by atoms with van der Waals surface area (Å²) in [6, 6.07) is 0. The Morgan fingerprint density at radius 2 is 1.67 bits per heavy atom. The van der Waals surface area contributed by atoms with Crippen molar-refractivity contribution in [3.63, 3.8) is 0 Å². The van der Waals surface area contributed by atoms with E-state index in [0.29, 0.717) is 32.1 Å². The number of alkyl halides is 1. The van der Waals surface area contributed by atoms with E-state index >= 15 is 0 Å². The minimum Gasteiger partial charge on any atom is -0.434 e. The number of hydrogen-bond donors (Lipinski definition) is 1. The number of ketones is 2. The van der Waals surface area contributed by atoms with Crippen LogP contribution < -0.4 is 0 Å². The van der Waals surface area contributed by atoms with E-state index in [-0.39, 0.29) is 37.3 Å². The summed E-state index contributed by atoms with van der Waals surface area (Å²) in [6.07, 6.45) is 6.61. The van der Waals surface area contributed by atoms with Gasteiger partial charge in [0.2, 0.25) is 5.78 Å². The minimum absolute atomic E-state index is 0.0571. The van der Waals surface area contributed by atoms with Gasteiger partial charge in [0, 0.05) is 16.7 Å². The van der Waals surface area contributed by atoms with Crippen molar-refractivity contribution in [2.24, 2.45) is 28.6 Å². The van der Waals surface area contributed by atoms with E-state index in [1.165, 1.54) is 6.08 Å². The molecule has 0 spiro atoms. The first-order valence-electron chi connectivity index (χ1n) is 15.3. The van der Waals surface area contributed by atoms with Crippen molar-refractivity contribution in [1.29, 1.82) is 0 Å². The Morgan fingerprint density at radius 1 is 1.02 bits per heavy atom. The van der Waals surface area contributed by atoms with Gasteiger partial charge in [-0.3, -0.25) is 9.59 Å². The quantitative estimate of drug-likeness (QED) is 0.178. The second-order valence-corrected chi connectivity index (χ2v) is 13.5. The van der Waals surface area contributed by atoms with E-state index in [0.717, 1.165) is 18.4 Å². The molecule has 1 unspecified atom stereocenters. The van der Waals surface area contributed by atoms with Crippen molar-refractivity contribution in [3.05, 3.63) is 23.8 Å². The van der Waals surface area contributed by atoms with Gasteiger partial charge in [0.05, 0.1) is 24.2 Å². The molecule has 10 heteroatoms. The lowest BCUT2D eigenvalue weighted by molar-refractivity contribution is -0.185. The fourth-order valence-electron chi connectivity index (χ4n) is 8.43. The lowest BCUT2D eigenvalue weighted by atomic mass is 9.45. The second-order valence-electron chi connectivity index (χ2n) is 12.9. The lowest BCUT2D eigenvalue weighted by Crippen LogP contribution is -2.69. The van der Waals surface area contributed by atoms with Gasteiger partial charge in [-0.15, -0.1) is 11.6 Å². The molecule has 4 aliphatic rings. The van der Waals surface area contributed by atoms with Gasteiger partial charge in [0.25, 0.3) is 0 Å². The first-order valence-corrected chi connectivity index (χ1v) is 15.7. The zero-order valence-corrected chi connectivity index (χ0v) is 26.2. The Labute approximate surface area is 253 Å². The van der Waals surface area contributed by atoms with E-state index in [9.17, 15) is 24.3 Å². The molecule has 42 heavy (non-hydrogen) atoms. The number of rotatable bonds is 10. The van der Waals surface area contributed by atoms with Crippen LogP contribution in [0, 0.1) is 28.6 Å². The molecule has 0 bridgehead atoms. The smallest absolute Gasteiger partial charge is 0.434 e. The van der Waals surface area contributed by atoms with Crippen molar-refractivity contribution in [2.45, 2.75) is 103 Å². The molecule has 1 N–H and O–H groups in total. The number of Topliss-reactive ketones (excluding diaryl/α,β-unsaturated/α-hetero) is 1. The van der Waals surface area contributed by atoms with Crippen LogP contribution in [0.4, 0.5) is 9.59 Å². The van der Waals surface area contributed by atoms with Crippen LogP contribution in [0.15, 0.2) is 23.8 Å². The molecule has 0 aromatic carbocycles. The zero-order valence-electron chi connectivity index (χ0n) is 25.4. The van der Waals surface area contributed by atoms with Gasteiger partial charge in [-0.25, -0.2) is 9.59 Å². The van der Waals surface area contributed by atoms with E-state index in [1.807, 2.05) is 40.7 Å². The van der Waals surface area contributed by atoms with Crippen molar-refractivity contribution in [1.82, 2.24) is 0 Å². The third kappa shape index (κ3) is 5.08. The van der Waals surface area contributed by atoms with Crippen LogP contribution in [0.3, 0.4) is 0 Å². The third-order valence-corrected chi connectivity index (χ3v) is 11.5. The first kappa shape index (κ1) is 32.5. The standard InChI is InChI=1S/C32H45ClO9/c1-6-8-14-39-27(37)41-19-26(36)32(42-28(38)40-15-9-7-2)20(3)16-24-23-11-10-21-17-22(34)12-13-29(21,4)31(23,33)25(35)18-30(24,32)5/h12-13,17,20,23-25,35H,6-11,14-16,18-19H2,1-5H3/t20-,23+,24+,25?,29+,30+,31+,32+/m1/s1. The summed E-state index contributed by atoms with van der Waals surface area (Å²) < 4.78 is 21.7. The maximum absolute atomic E-state index is 14.2. The summed E-state index contributed by atoms with van der Waals surface area (Å²) in [5.74, 6) is -1.65. The van der Waals surface area contributed by atoms with Crippen molar-refractivity contribution < 1.29 is 43.2 Å². The van der Waals surface area contributed by atoms with Gasteiger partial charge in [-0.2, -0.15) is 0 Å². The number of carbonyl (C=O) groups is 4. The molecule has 234 valence electrons. The van der Waals surface area contributed by atoms with Crippen LogP contribution >= 0.6 is 11.6 Å². The van der Waals surface area contributed by atoms with Crippen LogP contribution in [0.2, 0.25) is 0 Å². The molecule has 8 atom stereocenters. The molecule has 3 saturated carbocycles. The third-order valence-electron chi connectivity index (χ3n) is 10.6. The Hall–Kier alpha value is -2.39. The molecule has 0 radical (unpaired) electrons. The normalized spacial score (nSPS) is 38.5. The molecule has 0 aromatic rings. The molecule has 0 amide bonds.